The molecule has 0 bridgehead atoms. The molecule has 4 amide bonds. The maximum absolute atomic E-state index is 13.6. The van der Waals surface area contributed by atoms with E-state index in [0.29, 0.717) is 30.2 Å². The normalized spacial score (nSPS) is 19.6. The number of fused-ring (bicyclic) bond motifs is 1. The number of nitrogens with one attached hydrogen (secondary N) is 4. The van der Waals surface area contributed by atoms with E-state index in [1.54, 1.807) is 18.3 Å². The average molecular weight is 543 g/mol. The van der Waals surface area contributed by atoms with Gasteiger partial charge >= 0.3 is 0 Å². The summed E-state index contributed by atoms with van der Waals surface area (Å²) < 4.78 is 0. The first-order valence-electron chi connectivity index (χ1n) is 12.9. The summed E-state index contributed by atoms with van der Waals surface area (Å²) in [6.07, 6.45) is 2.84. The molecule has 1 saturated carbocycles. The predicted molar refractivity (Wildman–Crippen MR) is 146 cm³/mol. The van der Waals surface area contributed by atoms with E-state index in [2.05, 4.69) is 25.9 Å². The number of aromatic amines is 1. The van der Waals surface area contributed by atoms with Gasteiger partial charge in [-0.3, -0.25) is 24.2 Å². The van der Waals surface area contributed by atoms with Crippen molar-refractivity contribution in [3.8, 4) is 5.75 Å². The molecule has 13 heteroatoms. The van der Waals surface area contributed by atoms with Crippen LogP contribution in [0.1, 0.15) is 45.6 Å². The minimum Gasteiger partial charge on any atom is -0.508 e. The second-order valence-electron chi connectivity index (χ2n) is 10.5. The van der Waals surface area contributed by atoms with Crippen LogP contribution in [0.2, 0.25) is 0 Å². The summed E-state index contributed by atoms with van der Waals surface area (Å²) in [6, 6.07) is 2.89. The first kappa shape index (κ1) is 29.3. The van der Waals surface area contributed by atoms with Crippen LogP contribution in [0.25, 0.3) is 10.9 Å². The third kappa shape index (κ3) is 7.39. The summed E-state index contributed by atoms with van der Waals surface area (Å²) in [6.45, 7) is 5.34. The molecular formula is C26H38N8O5. The Morgan fingerprint density at radius 3 is 2.49 bits per heavy atom. The van der Waals surface area contributed by atoms with Gasteiger partial charge in [-0.15, -0.1) is 0 Å². The fourth-order valence-electron chi connectivity index (χ4n) is 4.84. The highest BCUT2D eigenvalue weighted by molar-refractivity contribution is 5.99. The number of hydrogen-bond donors (Lipinski definition) is 8. The molecule has 0 aliphatic heterocycles. The molecule has 212 valence electrons. The highest BCUT2D eigenvalue weighted by Crippen LogP contribution is 2.46. The van der Waals surface area contributed by atoms with Crippen molar-refractivity contribution in [2.24, 2.45) is 34.0 Å². The van der Waals surface area contributed by atoms with E-state index in [0.717, 1.165) is 5.52 Å². The summed E-state index contributed by atoms with van der Waals surface area (Å²) in [5, 5.41) is 18.8. The first-order valence-corrected chi connectivity index (χ1v) is 12.9. The Labute approximate surface area is 226 Å². The van der Waals surface area contributed by atoms with E-state index >= 15 is 0 Å². The van der Waals surface area contributed by atoms with Crippen LogP contribution >= 0.6 is 0 Å². The number of carbonyl (C=O) groups is 4. The number of carbonyl (C=O) groups excluding carboxylic acids is 4. The lowest BCUT2D eigenvalue weighted by molar-refractivity contribution is -0.134. The summed E-state index contributed by atoms with van der Waals surface area (Å²) in [7, 11) is 0. The van der Waals surface area contributed by atoms with Gasteiger partial charge in [0.05, 0.1) is 0 Å². The van der Waals surface area contributed by atoms with Crippen LogP contribution in [0.15, 0.2) is 29.4 Å². The summed E-state index contributed by atoms with van der Waals surface area (Å²) in [4.78, 5) is 58.1. The van der Waals surface area contributed by atoms with Gasteiger partial charge in [0, 0.05) is 37.0 Å². The van der Waals surface area contributed by atoms with Crippen molar-refractivity contribution < 1.29 is 24.3 Å². The first-order chi connectivity index (χ1) is 18.3. The Kier molecular flexibility index (Phi) is 9.04. The smallest absolute Gasteiger partial charge is 0.246 e. The van der Waals surface area contributed by atoms with Crippen molar-refractivity contribution in [1.82, 2.24) is 20.9 Å². The Morgan fingerprint density at radius 2 is 1.87 bits per heavy atom. The van der Waals surface area contributed by atoms with Gasteiger partial charge < -0.3 is 43.2 Å². The number of aromatic nitrogens is 1. The number of primary amides is 1. The third-order valence-corrected chi connectivity index (χ3v) is 6.85. The fourth-order valence-corrected chi connectivity index (χ4v) is 4.84. The van der Waals surface area contributed by atoms with E-state index in [9.17, 15) is 24.3 Å². The number of amides is 4. The number of phenols is 1. The lowest BCUT2D eigenvalue weighted by Crippen LogP contribution is -2.59. The fraction of sp³-hybridized carbons (Fsp3) is 0.500. The second-order valence-corrected chi connectivity index (χ2v) is 10.5. The molecule has 0 spiro atoms. The zero-order valence-corrected chi connectivity index (χ0v) is 22.4. The van der Waals surface area contributed by atoms with Gasteiger partial charge in [-0.25, -0.2) is 0 Å². The number of guanidine groups is 1. The molecule has 39 heavy (non-hydrogen) atoms. The zero-order chi connectivity index (χ0) is 28.9. The second kappa shape index (κ2) is 12.0. The molecule has 3 rings (SSSR count). The molecule has 1 aliphatic carbocycles. The van der Waals surface area contributed by atoms with Crippen molar-refractivity contribution in [2.45, 2.75) is 64.1 Å². The Morgan fingerprint density at radius 1 is 1.15 bits per heavy atom. The average Bonchev–Trinajstić information content (AvgIpc) is 3.39. The van der Waals surface area contributed by atoms with Gasteiger partial charge in [0.15, 0.2) is 5.96 Å². The van der Waals surface area contributed by atoms with Crippen molar-refractivity contribution in [3.63, 3.8) is 0 Å². The number of phenolic OH excluding ortho intramolecular Hbond substituents is 1. The van der Waals surface area contributed by atoms with Crippen LogP contribution in [0.5, 0.6) is 5.75 Å². The van der Waals surface area contributed by atoms with Crippen LogP contribution in [0, 0.1) is 11.8 Å². The number of aliphatic imine (C=N–C) groups is 1. The van der Waals surface area contributed by atoms with Gasteiger partial charge in [-0.1, -0.05) is 13.8 Å². The van der Waals surface area contributed by atoms with Crippen molar-refractivity contribution in [3.05, 3.63) is 30.0 Å². The molecule has 1 aromatic heterocycles. The molecule has 0 saturated heterocycles. The molecule has 0 radical (unpaired) electrons. The molecule has 4 atom stereocenters. The van der Waals surface area contributed by atoms with E-state index in [1.807, 2.05) is 13.8 Å². The number of H-pyrrole nitrogens is 1. The molecule has 2 aromatic rings. The van der Waals surface area contributed by atoms with E-state index in [4.69, 9.17) is 17.2 Å². The van der Waals surface area contributed by atoms with Crippen LogP contribution in [-0.4, -0.2) is 63.8 Å². The number of hydrogen-bond acceptors (Lipinski definition) is 6. The Balaban J connectivity index is 1.85. The topological polar surface area (TPSA) is 231 Å². The number of benzene rings is 1. The van der Waals surface area contributed by atoms with E-state index in [1.165, 1.54) is 13.0 Å². The highest BCUT2D eigenvalue weighted by atomic mass is 16.3. The number of nitrogens with zero attached hydrogens (tertiary/aromatic N) is 1. The standard InChI is InChI=1S/C26H38N8O5/c1-13(2)8-20(22(27)37)33-24(39)26(11-16(26)6-7-30-25(28)29)34-23(38)21(32-14(3)35)9-15-12-31-19-5-4-17(36)10-18(15)19/h4-5,10,12-13,16,20-21,31,36H,6-9,11H2,1-3H3,(H2,27,37)(H,32,35)(H,33,39)(H,34,38)(H4,28,29,30)/t16-,20+,21+,26?/m1/s1. The number of nitrogens with two attached hydrogens (primary N) is 3. The van der Waals surface area contributed by atoms with Gasteiger partial charge in [-0.2, -0.15) is 0 Å². The molecule has 11 N–H and O–H groups in total. The Hall–Kier alpha value is -4.29. The van der Waals surface area contributed by atoms with Crippen molar-refractivity contribution >= 4 is 40.5 Å². The molecule has 1 aliphatic rings. The molecule has 13 nitrogen and oxygen atoms in total. The van der Waals surface area contributed by atoms with Crippen molar-refractivity contribution in [1.29, 1.82) is 0 Å². The van der Waals surface area contributed by atoms with Gasteiger partial charge in [0.25, 0.3) is 0 Å². The van der Waals surface area contributed by atoms with Gasteiger partial charge in [-0.05, 0) is 54.9 Å². The van der Waals surface area contributed by atoms with Gasteiger partial charge in [0.2, 0.25) is 23.6 Å². The molecular weight excluding hydrogens is 504 g/mol. The molecule has 1 unspecified atom stereocenters. The zero-order valence-electron chi connectivity index (χ0n) is 22.4. The minimum atomic E-state index is -1.32. The maximum Gasteiger partial charge on any atom is 0.246 e. The monoisotopic (exact) mass is 542 g/mol. The van der Waals surface area contributed by atoms with Crippen LogP contribution in [0.3, 0.4) is 0 Å². The predicted octanol–water partition coefficient (Wildman–Crippen LogP) is -0.525. The number of rotatable bonds is 13. The van der Waals surface area contributed by atoms with Crippen LogP contribution in [-0.2, 0) is 25.6 Å². The SMILES string of the molecule is CC(=O)N[C@@H](Cc1c[nH]c2ccc(O)cc12)C(=O)NC1(C(=O)N[C@@H](CC(C)C)C(N)=O)C[C@H]1CCN=C(N)N. The Bertz CT molecular complexity index is 1270. The molecule has 1 aromatic carbocycles. The van der Waals surface area contributed by atoms with Crippen LogP contribution in [0.4, 0.5) is 0 Å². The quantitative estimate of drug-likeness (QED) is 0.122. The largest absolute Gasteiger partial charge is 0.508 e. The molecule has 1 fully saturated rings. The van der Waals surface area contributed by atoms with E-state index in [-0.39, 0.29) is 36.5 Å². The maximum atomic E-state index is 13.6. The van der Waals surface area contributed by atoms with Crippen LogP contribution < -0.4 is 33.2 Å². The minimum absolute atomic E-state index is 0.0616. The third-order valence-electron chi connectivity index (χ3n) is 6.85. The van der Waals surface area contributed by atoms with Gasteiger partial charge in [0.1, 0.15) is 23.4 Å². The lowest BCUT2D eigenvalue weighted by atomic mass is 10.0. The van der Waals surface area contributed by atoms with E-state index < -0.39 is 41.3 Å². The summed E-state index contributed by atoms with van der Waals surface area (Å²) in [5.41, 5.74) is 16.5. The van der Waals surface area contributed by atoms with Crippen molar-refractivity contribution in [2.75, 3.05) is 6.54 Å². The molecule has 1 heterocycles. The summed E-state index contributed by atoms with van der Waals surface area (Å²) in [5.74, 6) is -2.45. The summed E-state index contributed by atoms with van der Waals surface area (Å²) >= 11 is 0. The highest BCUT2D eigenvalue weighted by Gasteiger charge is 2.61. The lowest BCUT2D eigenvalue weighted by Gasteiger charge is -2.26. The number of aromatic hydroxyl groups is 1.